The molecule has 0 atom stereocenters. The highest BCUT2D eigenvalue weighted by Gasteiger charge is 2.17. The molecule has 0 saturated heterocycles. The van der Waals surface area contributed by atoms with E-state index in [9.17, 15) is 0 Å². The normalized spacial score (nSPS) is 31.1. The van der Waals surface area contributed by atoms with Crippen molar-refractivity contribution in [1.82, 2.24) is 0 Å². The number of ether oxygens (including phenoxy) is 1. The summed E-state index contributed by atoms with van der Waals surface area (Å²) in [6, 6.07) is 0.441. The standard InChI is InChI=1S/C8H17NO.ClH/c1-2-10-8-5-3-7(9)4-6-8;/h7-8H,2-6,9H2,1H3;1H/t7-,8-;. The molecule has 1 saturated carbocycles. The van der Waals surface area contributed by atoms with E-state index in [-0.39, 0.29) is 12.4 Å². The molecular formula is C8H18ClNO. The Morgan fingerprint density at radius 3 is 2.27 bits per heavy atom. The lowest BCUT2D eigenvalue weighted by molar-refractivity contribution is 0.0333. The van der Waals surface area contributed by atoms with Crippen LogP contribution < -0.4 is 5.73 Å². The molecule has 0 unspecified atom stereocenters. The fourth-order valence-corrected chi connectivity index (χ4v) is 1.49. The van der Waals surface area contributed by atoms with Gasteiger partial charge < -0.3 is 10.5 Å². The van der Waals surface area contributed by atoms with Gasteiger partial charge in [-0.25, -0.2) is 0 Å². The molecule has 0 aromatic carbocycles. The highest BCUT2D eigenvalue weighted by molar-refractivity contribution is 5.85. The van der Waals surface area contributed by atoms with Crippen LogP contribution in [0.25, 0.3) is 0 Å². The zero-order chi connectivity index (χ0) is 7.40. The van der Waals surface area contributed by atoms with Gasteiger partial charge in [0, 0.05) is 12.6 Å². The summed E-state index contributed by atoms with van der Waals surface area (Å²) in [5.74, 6) is 0. The second-order valence-corrected chi connectivity index (χ2v) is 2.99. The molecule has 0 aromatic rings. The van der Waals surface area contributed by atoms with E-state index in [4.69, 9.17) is 10.5 Å². The van der Waals surface area contributed by atoms with Crippen LogP contribution in [0.3, 0.4) is 0 Å². The molecule has 0 amide bonds. The smallest absolute Gasteiger partial charge is 0.0576 e. The fourth-order valence-electron chi connectivity index (χ4n) is 1.49. The molecule has 2 N–H and O–H groups in total. The first-order valence-corrected chi connectivity index (χ1v) is 4.20. The van der Waals surface area contributed by atoms with Gasteiger partial charge in [0.25, 0.3) is 0 Å². The monoisotopic (exact) mass is 179 g/mol. The molecule has 0 heterocycles. The Morgan fingerprint density at radius 2 is 1.82 bits per heavy atom. The molecule has 1 aliphatic rings. The number of nitrogens with two attached hydrogens (primary N) is 1. The molecule has 0 spiro atoms. The van der Waals surface area contributed by atoms with Crippen LogP contribution in [0.15, 0.2) is 0 Å². The zero-order valence-electron chi connectivity index (χ0n) is 7.08. The number of hydrogen-bond donors (Lipinski definition) is 1. The Balaban J connectivity index is 0.000001000. The van der Waals surface area contributed by atoms with Gasteiger partial charge in [-0.3, -0.25) is 0 Å². The van der Waals surface area contributed by atoms with Gasteiger partial charge in [-0.1, -0.05) is 0 Å². The van der Waals surface area contributed by atoms with E-state index in [0.717, 1.165) is 32.3 Å². The van der Waals surface area contributed by atoms with Gasteiger partial charge >= 0.3 is 0 Å². The van der Waals surface area contributed by atoms with Crippen LogP contribution in [0.5, 0.6) is 0 Å². The minimum Gasteiger partial charge on any atom is -0.379 e. The topological polar surface area (TPSA) is 35.2 Å². The lowest BCUT2D eigenvalue weighted by Crippen LogP contribution is -2.30. The molecule has 11 heavy (non-hydrogen) atoms. The van der Waals surface area contributed by atoms with E-state index in [0.29, 0.717) is 12.1 Å². The van der Waals surface area contributed by atoms with Crippen molar-refractivity contribution in [2.75, 3.05) is 6.61 Å². The maximum absolute atomic E-state index is 5.74. The second-order valence-electron chi connectivity index (χ2n) is 2.99. The molecule has 2 nitrogen and oxygen atoms in total. The van der Waals surface area contributed by atoms with Crippen LogP contribution in [-0.4, -0.2) is 18.8 Å². The fraction of sp³-hybridized carbons (Fsp3) is 1.00. The Labute approximate surface area is 74.9 Å². The Bertz CT molecular complexity index is 92.1. The molecule has 0 radical (unpaired) electrons. The summed E-state index contributed by atoms with van der Waals surface area (Å²) in [6.07, 6.45) is 5.11. The van der Waals surface area contributed by atoms with Gasteiger partial charge in [-0.05, 0) is 32.6 Å². The number of halogens is 1. The first-order valence-electron chi connectivity index (χ1n) is 4.20. The predicted molar refractivity (Wildman–Crippen MR) is 49.1 cm³/mol. The molecule has 3 heteroatoms. The number of hydrogen-bond acceptors (Lipinski definition) is 2. The van der Waals surface area contributed by atoms with Crippen molar-refractivity contribution in [2.45, 2.75) is 44.8 Å². The first kappa shape index (κ1) is 11.2. The highest BCUT2D eigenvalue weighted by Crippen LogP contribution is 2.19. The lowest BCUT2D eigenvalue weighted by Gasteiger charge is -2.25. The third-order valence-electron chi connectivity index (χ3n) is 2.12. The summed E-state index contributed by atoms with van der Waals surface area (Å²) in [4.78, 5) is 0. The third-order valence-corrected chi connectivity index (χ3v) is 2.12. The summed E-state index contributed by atoms with van der Waals surface area (Å²) in [5, 5.41) is 0. The van der Waals surface area contributed by atoms with Crippen molar-refractivity contribution in [3.05, 3.63) is 0 Å². The van der Waals surface area contributed by atoms with E-state index in [1.54, 1.807) is 0 Å². The Morgan fingerprint density at radius 1 is 1.27 bits per heavy atom. The molecule has 0 aromatic heterocycles. The summed E-state index contributed by atoms with van der Waals surface area (Å²) in [7, 11) is 0. The van der Waals surface area contributed by atoms with E-state index in [2.05, 4.69) is 6.92 Å². The van der Waals surface area contributed by atoms with Gasteiger partial charge in [0.2, 0.25) is 0 Å². The van der Waals surface area contributed by atoms with Crippen LogP contribution >= 0.6 is 12.4 Å². The lowest BCUT2D eigenvalue weighted by atomic mass is 9.94. The van der Waals surface area contributed by atoms with Crippen molar-refractivity contribution < 1.29 is 4.74 Å². The van der Waals surface area contributed by atoms with Crippen molar-refractivity contribution in [3.63, 3.8) is 0 Å². The number of rotatable bonds is 2. The van der Waals surface area contributed by atoms with Crippen LogP contribution in [0.1, 0.15) is 32.6 Å². The molecule has 1 rings (SSSR count). The average molecular weight is 180 g/mol. The minimum absolute atomic E-state index is 0. The maximum atomic E-state index is 5.74. The molecule has 68 valence electrons. The van der Waals surface area contributed by atoms with Gasteiger partial charge in [0.1, 0.15) is 0 Å². The SMILES string of the molecule is CCO[C@H]1CC[C@H](N)CC1.Cl. The van der Waals surface area contributed by atoms with Crippen LogP contribution in [0.4, 0.5) is 0 Å². The van der Waals surface area contributed by atoms with E-state index in [1.165, 1.54) is 0 Å². The first-order chi connectivity index (χ1) is 4.83. The van der Waals surface area contributed by atoms with Gasteiger partial charge in [0.15, 0.2) is 0 Å². The van der Waals surface area contributed by atoms with E-state index < -0.39 is 0 Å². The summed E-state index contributed by atoms with van der Waals surface area (Å²) >= 11 is 0. The molecular weight excluding hydrogens is 162 g/mol. The van der Waals surface area contributed by atoms with Crippen LogP contribution in [-0.2, 0) is 4.74 Å². The van der Waals surface area contributed by atoms with E-state index in [1.807, 2.05) is 0 Å². The zero-order valence-corrected chi connectivity index (χ0v) is 7.90. The summed E-state index contributed by atoms with van der Waals surface area (Å²) in [5.41, 5.74) is 5.74. The molecule has 1 fully saturated rings. The van der Waals surface area contributed by atoms with Crippen molar-refractivity contribution >= 4 is 12.4 Å². The summed E-state index contributed by atoms with van der Waals surface area (Å²) < 4.78 is 5.48. The minimum atomic E-state index is 0. The van der Waals surface area contributed by atoms with Crippen LogP contribution in [0, 0.1) is 0 Å². The average Bonchev–Trinajstić information content (AvgIpc) is 1.95. The van der Waals surface area contributed by atoms with Crippen molar-refractivity contribution in [1.29, 1.82) is 0 Å². The summed E-state index contributed by atoms with van der Waals surface area (Å²) in [6.45, 7) is 2.90. The van der Waals surface area contributed by atoms with Crippen LogP contribution in [0.2, 0.25) is 0 Å². The third kappa shape index (κ3) is 3.94. The van der Waals surface area contributed by atoms with Gasteiger partial charge in [-0.15, -0.1) is 12.4 Å². The predicted octanol–water partition coefficient (Wildman–Crippen LogP) is 1.71. The Kier molecular flexibility index (Phi) is 5.92. The molecule has 1 aliphatic carbocycles. The van der Waals surface area contributed by atoms with Crippen molar-refractivity contribution in [3.8, 4) is 0 Å². The van der Waals surface area contributed by atoms with Gasteiger partial charge in [-0.2, -0.15) is 0 Å². The Hall–Kier alpha value is 0.210. The largest absolute Gasteiger partial charge is 0.379 e. The second kappa shape index (κ2) is 5.81. The quantitative estimate of drug-likeness (QED) is 0.701. The van der Waals surface area contributed by atoms with E-state index >= 15 is 0 Å². The highest BCUT2D eigenvalue weighted by atomic mass is 35.5. The molecule has 0 bridgehead atoms. The maximum Gasteiger partial charge on any atom is 0.0576 e. The molecule has 0 aliphatic heterocycles. The van der Waals surface area contributed by atoms with Gasteiger partial charge in [0.05, 0.1) is 6.10 Å². The van der Waals surface area contributed by atoms with Crippen molar-refractivity contribution in [2.24, 2.45) is 5.73 Å².